The Hall–Kier alpha value is -0.890. The van der Waals surface area contributed by atoms with Crippen LogP contribution in [0.2, 0.25) is 0 Å². The number of rotatable bonds is 1. The first-order valence-corrected chi connectivity index (χ1v) is 2.83. The second kappa shape index (κ2) is 2.31. The molecule has 0 saturated carbocycles. The maximum atomic E-state index is 10.4. The van der Waals surface area contributed by atoms with Crippen molar-refractivity contribution in [1.29, 1.82) is 0 Å². The smallest absolute Gasteiger partial charge is 0.319 e. The average Bonchev–Trinajstić information content (AvgIpc) is 2.04. The van der Waals surface area contributed by atoms with E-state index in [0.29, 0.717) is 0 Å². The number of nitrogens with one attached hydrogen (secondary N) is 2. The summed E-state index contributed by atoms with van der Waals surface area (Å²) in [5.74, 6) is -2.61. The topological polar surface area (TPSA) is 122 Å². The SMILES string of the molecule is O=C1NC(C(O)O)C(O)(O)N1. The lowest BCUT2D eigenvalue weighted by molar-refractivity contribution is -0.224. The number of hydrogen-bond donors (Lipinski definition) is 6. The molecular formula is C4H8N2O5. The zero-order valence-electron chi connectivity index (χ0n) is 5.35. The van der Waals surface area contributed by atoms with Crippen molar-refractivity contribution in [2.45, 2.75) is 18.2 Å². The highest BCUT2D eigenvalue weighted by molar-refractivity contribution is 5.77. The number of urea groups is 1. The summed E-state index contributed by atoms with van der Waals surface area (Å²) in [6, 6.07) is -2.40. The Balaban J connectivity index is 2.74. The summed E-state index contributed by atoms with van der Waals surface area (Å²) in [7, 11) is 0. The molecule has 0 aromatic carbocycles. The number of carbonyl (C=O) groups is 1. The van der Waals surface area contributed by atoms with Crippen LogP contribution in [0.4, 0.5) is 4.79 Å². The van der Waals surface area contributed by atoms with Crippen molar-refractivity contribution in [3.63, 3.8) is 0 Å². The molecule has 1 saturated heterocycles. The van der Waals surface area contributed by atoms with Gasteiger partial charge in [0.25, 0.3) is 5.91 Å². The number of aliphatic hydroxyl groups is 4. The van der Waals surface area contributed by atoms with Gasteiger partial charge in [-0.25, -0.2) is 4.79 Å². The quantitative estimate of drug-likeness (QED) is 0.226. The van der Waals surface area contributed by atoms with Crippen molar-refractivity contribution < 1.29 is 25.2 Å². The molecule has 6 N–H and O–H groups in total. The molecule has 1 aliphatic heterocycles. The molecule has 0 radical (unpaired) electrons. The fraction of sp³-hybridized carbons (Fsp3) is 0.750. The lowest BCUT2D eigenvalue weighted by atomic mass is 10.2. The highest BCUT2D eigenvalue weighted by Crippen LogP contribution is 2.11. The molecule has 1 heterocycles. The Morgan fingerprint density at radius 3 is 2.18 bits per heavy atom. The van der Waals surface area contributed by atoms with E-state index in [-0.39, 0.29) is 0 Å². The molecule has 0 aliphatic carbocycles. The van der Waals surface area contributed by atoms with E-state index in [0.717, 1.165) is 0 Å². The minimum atomic E-state index is -2.61. The molecule has 2 amide bonds. The maximum absolute atomic E-state index is 10.4. The Labute approximate surface area is 61.3 Å². The predicted molar refractivity (Wildman–Crippen MR) is 30.8 cm³/mol. The Kier molecular flexibility index (Phi) is 1.72. The van der Waals surface area contributed by atoms with Crippen LogP contribution in [0.5, 0.6) is 0 Å². The molecule has 1 atom stereocenters. The molecule has 7 heteroatoms. The van der Waals surface area contributed by atoms with Gasteiger partial charge in [-0.2, -0.15) is 0 Å². The van der Waals surface area contributed by atoms with Crippen LogP contribution >= 0.6 is 0 Å². The summed E-state index contributed by atoms with van der Waals surface area (Å²) < 4.78 is 0. The van der Waals surface area contributed by atoms with Gasteiger partial charge >= 0.3 is 6.03 Å². The summed E-state index contributed by atoms with van der Waals surface area (Å²) in [4.78, 5) is 10.4. The third kappa shape index (κ3) is 1.40. The van der Waals surface area contributed by atoms with Crippen LogP contribution in [0.3, 0.4) is 0 Å². The third-order valence-corrected chi connectivity index (χ3v) is 1.32. The van der Waals surface area contributed by atoms with Crippen LogP contribution in [-0.2, 0) is 0 Å². The van der Waals surface area contributed by atoms with Gasteiger partial charge in [0.1, 0.15) is 0 Å². The first-order chi connectivity index (χ1) is 4.93. The van der Waals surface area contributed by atoms with Crippen molar-refractivity contribution in [2.75, 3.05) is 0 Å². The molecule has 1 rings (SSSR count). The van der Waals surface area contributed by atoms with Crippen LogP contribution in [0.15, 0.2) is 0 Å². The molecule has 0 spiro atoms. The first-order valence-electron chi connectivity index (χ1n) is 2.83. The molecule has 11 heavy (non-hydrogen) atoms. The fourth-order valence-electron chi connectivity index (χ4n) is 0.805. The van der Waals surface area contributed by atoms with Crippen LogP contribution in [0.1, 0.15) is 0 Å². The fourth-order valence-corrected chi connectivity index (χ4v) is 0.805. The van der Waals surface area contributed by atoms with Gasteiger partial charge in [0.15, 0.2) is 12.3 Å². The molecule has 0 aromatic heterocycles. The zero-order valence-corrected chi connectivity index (χ0v) is 5.35. The largest absolute Gasteiger partial charge is 0.366 e. The minimum Gasteiger partial charge on any atom is -0.366 e. The summed E-state index contributed by atoms with van der Waals surface area (Å²) in [6.07, 6.45) is -2.02. The predicted octanol–water partition coefficient (Wildman–Crippen LogP) is -3.38. The van der Waals surface area contributed by atoms with Gasteiger partial charge in [-0.3, -0.25) is 5.32 Å². The number of hydrogen-bond acceptors (Lipinski definition) is 5. The van der Waals surface area contributed by atoms with Crippen LogP contribution in [-0.4, -0.2) is 44.7 Å². The van der Waals surface area contributed by atoms with Crippen molar-refractivity contribution >= 4 is 6.03 Å². The number of aliphatic hydroxyl groups excluding tert-OH is 1. The van der Waals surface area contributed by atoms with Crippen molar-refractivity contribution in [3.05, 3.63) is 0 Å². The van der Waals surface area contributed by atoms with Gasteiger partial charge in [0.05, 0.1) is 0 Å². The average molecular weight is 164 g/mol. The van der Waals surface area contributed by atoms with E-state index >= 15 is 0 Å². The lowest BCUT2D eigenvalue weighted by Gasteiger charge is -2.22. The Morgan fingerprint density at radius 1 is 1.45 bits per heavy atom. The van der Waals surface area contributed by atoms with E-state index in [9.17, 15) is 4.79 Å². The van der Waals surface area contributed by atoms with E-state index in [1.54, 1.807) is 5.32 Å². The van der Waals surface area contributed by atoms with E-state index in [1.807, 2.05) is 5.32 Å². The van der Waals surface area contributed by atoms with Crippen molar-refractivity contribution in [2.24, 2.45) is 0 Å². The second-order valence-electron chi connectivity index (χ2n) is 2.22. The van der Waals surface area contributed by atoms with E-state index < -0.39 is 24.3 Å². The summed E-state index contributed by atoms with van der Waals surface area (Å²) in [5.41, 5.74) is 0. The standard InChI is InChI=1S/C4H8N2O5/c7-2(8)1-4(10,11)6-3(9)5-1/h1-2,7-8,10-11H,(H2,5,6,9). The molecule has 0 bridgehead atoms. The van der Waals surface area contributed by atoms with Crippen molar-refractivity contribution in [1.82, 2.24) is 10.6 Å². The highest BCUT2D eigenvalue weighted by Gasteiger charge is 2.47. The van der Waals surface area contributed by atoms with Crippen molar-refractivity contribution in [3.8, 4) is 0 Å². The van der Waals surface area contributed by atoms with Crippen LogP contribution in [0.25, 0.3) is 0 Å². The molecule has 64 valence electrons. The van der Waals surface area contributed by atoms with Gasteiger partial charge in [0.2, 0.25) is 0 Å². The van der Waals surface area contributed by atoms with Gasteiger partial charge in [-0.1, -0.05) is 0 Å². The summed E-state index contributed by atoms with van der Waals surface area (Å²) >= 11 is 0. The molecule has 1 unspecified atom stereocenters. The molecular weight excluding hydrogens is 156 g/mol. The normalized spacial score (nSPS) is 28.5. The Morgan fingerprint density at radius 2 is 2.00 bits per heavy atom. The van der Waals surface area contributed by atoms with Crippen LogP contribution < -0.4 is 10.6 Å². The maximum Gasteiger partial charge on any atom is 0.319 e. The van der Waals surface area contributed by atoms with Gasteiger partial charge < -0.3 is 25.7 Å². The first kappa shape index (κ1) is 8.21. The highest BCUT2D eigenvalue weighted by atomic mass is 16.5. The lowest BCUT2D eigenvalue weighted by Crippen LogP contribution is -2.54. The third-order valence-electron chi connectivity index (χ3n) is 1.32. The monoisotopic (exact) mass is 164 g/mol. The van der Waals surface area contributed by atoms with E-state index in [1.165, 1.54) is 0 Å². The van der Waals surface area contributed by atoms with Gasteiger partial charge in [-0.15, -0.1) is 0 Å². The summed E-state index contributed by atoms with van der Waals surface area (Å²) in [5, 5.41) is 38.2. The zero-order chi connectivity index (χ0) is 8.65. The van der Waals surface area contributed by atoms with E-state index in [4.69, 9.17) is 20.4 Å². The summed E-state index contributed by atoms with van der Waals surface area (Å²) in [6.45, 7) is 0. The molecule has 1 aliphatic rings. The van der Waals surface area contributed by atoms with Gasteiger partial charge in [-0.05, 0) is 0 Å². The molecule has 7 nitrogen and oxygen atoms in total. The van der Waals surface area contributed by atoms with E-state index in [2.05, 4.69) is 0 Å². The Bertz CT molecular complexity index is 179. The number of carbonyl (C=O) groups excluding carboxylic acids is 1. The van der Waals surface area contributed by atoms with Gasteiger partial charge in [0, 0.05) is 0 Å². The number of amides is 2. The minimum absolute atomic E-state index is 0.868. The second-order valence-corrected chi connectivity index (χ2v) is 2.22. The van der Waals surface area contributed by atoms with Crippen LogP contribution in [0, 0.1) is 0 Å². The molecule has 0 aromatic rings. The molecule has 1 fully saturated rings.